The number of carbonyl (C=O) groups is 1. The molecule has 108 valence electrons. The lowest BCUT2D eigenvalue weighted by molar-refractivity contribution is -0.136. The molecular weight excluding hydrogens is 274 g/mol. The van der Waals surface area contributed by atoms with Crippen LogP contribution in [0.3, 0.4) is 0 Å². The number of hydrogen-bond donors (Lipinski definition) is 1. The minimum Gasteiger partial charge on any atom is -0.481 e. The van der Waals surface area contributed by atoms with Crippen LogP contribution in [0.25, 0.3) is 17.1 Å². The maximum Gasteiger partial charge on any atom is 0.311 e. The molecule has 0 aliphatic carbocycles. The van der Waals surface area contributed by atoms with Crippen LogP contribution >= 0.6 is 0 Å². The second-order valence-corrected chi connectivity index (χ2v) is 4.95. The molecule has 0 unspecified atom stereocenters. The topological polar surface area (TPSA) is 106 Å². The quantitative estimate of drug-likeness (QED) is 0.775. The number of hydrogen-bond acceptors (Lipinski definition) is 6. The summed E-state index contributed by atoms with van der Waals surface area (Å²) >= 11 is 0. The van der Waals surface area contributed by atoms with E-state index in [2.05, 4.69) is 20.3 Å². The van der Waals surface area contributed by atoms with Crippen LogP contribution in [0, 0.1) is 0 Å². The van der Waals surface area contributed by atoms with E-state index in [-0.39, 0.29) is 12.3 Å². The highest BCUT2D eigenvalue weighted by molar-refractivity contribution is 5.69. The first-order valence-corrected chi connectivity index (χ1v) is 6.44. The van der Waals surface area contributed by atoms with Crippen LogP contribution < -0.4 is 0 Å². The monoisotopic (exact) mass is 287 g/mol. The van der Waals surface area contributed by atoms with Crippen molar-refractivity contribution in [3.05, 3.63) is 30.0 Å². The Kier molecular flexibility index (Phi) is 3.13. The second kappa shape index (κ2) is 4.97. The molecule has 0 fully saturated rings. The van der Waals surface area contributed by atoms with E-state index in [1.54, 1.807) is 22.7 Å². The largest absolute Gasteiger partial charge is 0.481 e. The molecule has 0 spiro atoms. The number of carboxylic acids is 1. The summed E-state index contributed by atoms with van der Waals surface area (Å²) < 4.78 is 6.84. The molecule has 3 aromatic rings. The minimum atomic E-state index is -0.963. The molecule has 0 atom stereocenters. The number of pyridine rings is 1. The van der Waals surface area contributed by atoms with Gasteiger partial charge in [-0.15, -0.1) is 10.2 Å². The van der Waals surface area contributed by atoms with Gasteiger partial charge in [-0.25, -0.2) is 0 Å². The first kappa shape index (κ1) is 13.2. The Bertz CT molecular complexity index is 805. The maximum atomic E-state index is 10.8. The minimum absolute atomic E-state index is 0.170. The van der Waals surface area contributed by atoms with Crippen molar-refractivity contribution in [1.82, 2.24) is 24.7 Å². The van der Waals surface area contributed by atoms with Gasteiger partial charge in [0.15, 0.2) is 11.5 Å². The standard InChI is InChI=1S/C13H13N5O3/c1-7(2)12-14-13(21-17-12)8-3-4-9-15-16-10(5-11(19)20)18(9)6-8/h3-4,6-7H,5H2,1-2H3,(H,19,20). The fraction of sp³-hybridized carbons (Fsp3) is 0.308. The van der Waals surface area contributed by atoms with Crippen molar-refractivity contribution in [2.24, 2.45) is 0 Å². The van der Waals surface area contributed by atoms with Gasteiger partial charge in [0.25, 0.3) is 5.89 Å². The molecular formula is C13H13N5O3. The van der Waals surface area contributed by atoms with Crippen molar-refractivity contribution in [3.8, 4) is 11.5 Å². The molecule has 21 heavy (non-hydrogen) atoms. The summed E-state index contributed by atoms with van der Waals surface area (Å²) in [6.45, 7) is 3.95. The Morgan fingerprint density at radius 2 is 2.19 bits per heavy atom. The van der Waals surface area contributed by atoms with Gasteiger partial charge in [0, 0.05) is 12.1 Å². The van der Waals surface area contributed by atoms with Gasteiger partial charge < -0.3 is 9.63 Å². The van der Waals surface area contributed by atoms with Crippen molar-refractivity contribution < 1.29 is 14.4 Å². The van der Waals surface area contributed by atoms with E-state index in [0.717, 1.165) is 0 Å². The van der Waals surface area contributed by atoms with Crippen LogP contribution in [0.4, 0.5) is 0 Å². The van der Waals surface area contributed by atoms with Crippen molar-refractivity contribution in [3.63, 3.8) is 0 Å². The number of carboxylic acid groups (broad SMARTS) is 1. The second-order valence-electron chi connectivity index (χ2n) is 4.95. The van der Waals surface area contributed by atoms with Gasteiger partial charge in [-0.3, -0.25) is 9.20 Å². The van der Waals surface area contributed by atoms with Gasteiger partial charge in [0.2, 0.25) is 0 Å². The zero-order valence-corrected chi connectivity index (χ0v) is 11.5. The maximum absolute atomic E-state index is 10.8. The van der Waals surface area contributed by atoms with E-state index in [1.165, 1.54) is 0 Å². The summed E-state index contributed by atoms with van der Waals surface area (Å²) in [5, 5.41) is 20.6. The summed E-state index contributed by atoms with van der Waals surface area (Å²) in [6.07, 6.45) is 1.50. The molecule has 0 aliphatic heterocycles. The summed E-state index contributed by atoms with van der Waals surface area (Å²) in [4.78, 5) is 15.1. The fourth-order valence-electron chi connectivity index (χ4n) is 1.91. The summed E-state index contributed by atoms with van der Waals surface area (Å²) in [7, 11) is 0. The fourth-order valence-corrected chi connectivity index (χ4v) is 1.91. The van der Waals surface area contributed by atoms with Gasteiger partial charge in [-0.05, 0) is 12.1 Å². The normalized spacial score (nSPS) is 11.4. The summed E-state index contributed by atoms with van der Waals surface area (Å²) in [5.41, 5.74) is 1.26. The van der Waals surface area contributed by atoms with Crippen molar-refractivity contribution in [2.45, 2.75) is 26.2 Å². The van der Waals surface area contributed by atoms with E-state index in [9.17, 15) is 4.79 Å². The number of rotatable bonds is 4. The third-order valence-corrected chi connectivity index (χ3v) is 2.99. The number of fused-ring (bicyclic) bond motifs is 1. The van der Waals surface area contributed by atoms with Gasteiger partial charge in [0.05, 0.1) is 5.56 Å². The van der Waals surface area contributed by atoms with Crippen LogP contribution in [-0.4, -0.2) is 35.8 Å². The SMILES string of the molecule is CC(C)c1noc(-c2ccc3nnc(CC(=O)O)n3c2)n1. The molecule has 8 nitrogen and oxygen atoms in total. The third kappa shape index (κ3) is 2.47. The molecule has 0 bridgehead atoms. The molecule has 1 N–H and O–H groups in total. The van der Waals surface area contributed by atoms with Crippen molar-refractivity contribution in [2.75, 3.05) is 0 Å². The lowest BCUT2D eigenvalue weighted by Gasteiger charge is -1.99. The molecule has 0 radical (unpaired) electrons. The Morgan fingerprint density at radius 1 is 1.38 bits per heavy atom. The van der Waals surface area contributed by atoms with Gasteiger partial charge in [-0.2, -0.15) is 4.98 Å². The van der Waals surface area contributed by atoms with E-state index < -0.39 is 5.97 Å². The van der Waals surface area contributed by atoms with Crippen LogP contribution in [0.1, 0.15) is 31.4 Å². The van der Waals surface area contributed by atoms with Crippen molar-refractivity contribution in [1.29, 1.82) is 0 Å². The first-order chi connectivity index (χ1) is 10.0. The molecule has 3 rings (SSSR count). The van der Waals surface area contributed by atoms with Crippen LogP contribution in [0.15, 0.2) is 22.9 Å². The van der Waals surface area contributed by atoms with Crippen LogP contribution in [0.5, 0.6) is 0 Å². The number of nitrogens with zero attached hydrogens (tertiary/aromatic N) is 5. The third-order valence-electron chi connectivity index (χ3n) is 2.99. The molecule has 0 aromatic carbocycles. The lowest BCUT2D eigenvalue weighted by atomic mass is 10.2. The summed E-state index contributed by atoms with van der Waals surface area (Å²) in [5.74, 6) is 0.566. The predicted molar refractivity (Wildman–Crippen MR) is 71.7 cm³/mol. The Hall–Kier alpha value is -2.77. The molecule has 0 aliphatic rings. The lowest BCUT2D eigenvalue weighted by Crippen LogP contribution is -2.04. The molecule has 0 amide bonds. The first-order valence-electron chi connectivity index (χ1n) is 6.44. The number of aliphatic carboxylic acids is 1. The van der Waals surface area contributed by atoms with E-state index in [4.69, 9.17) is 9.63 Å². The van der Waals surface area contributed by atoms with Gasteiger partial charge in [-0.1, -0.05) is 19.0 Å². The molecule has 0 saturated carbocycles. The van der Waals surface area contributed by atoms with Crippen LogP contribution in [-0.2, 0) is 11.2 Å². The molecule has 3 aromatic heterocycles. The smallest absolute Gasteiger partial charge is 0.311 e. The highest BCUT2D eigenvalue weighted by Crippen LogP contribution is 2.20. The van der Waals surface area contributed by atoms with Gasteiger partial charge in [0.1, 0.15) is 12.2 Å². The molecule has 8 heteroatoms. The zero-order valence-electron chi connectivity index (χ0n) is 11.5. The highest BCUT2D eigenvalue weighted by Gasteiger charge is 2.14. The molecule has 3 heterocycles. The average molecular weight is 287 g/mol. The van der Waals surface area contributed by atoms with E-state index in [1.807, 2.05) is 13.8 Å². The highest BCUT2D eigenvalue weighted by atomic mass is 16.5. The van der Waals surface area contributed by atoms with Crippen LogP contribution in [0.2, 0.25) is 0 Å². The van der Waals surface area contributed by atoms with E-state index in [0.29, 0.717) is 28.8 Å². The molecule has 0 saturated heterocycles. The Morgan fingerprint density at radius 3 is 2.86 bits per heavy atom. The summed E-state index contributed by atoms with van der Waals surface area (Å²) in [6, 6.07) is 3.51. The zero-order chi connectivity index (χ0) is 15.0. The average Bonchev–Trinajstić information content (AvgIpc) is 3.05. The predicted octanol–water partition coefficient (Wildman–Crippen LogP) is 1.53. The number of aromatic nitrogens is 5. The Balaban J connectivity index is 2.04. The Labute approximate surface area is 119 Å². The van der Waals surface area contributed by atoms with Crippen molar-refractivity contribution >= 4 is 11.6 Å². The van der Waals surface area contributed by atoms with E-state index >= 15 is 0 Å². The van der Waals surface area contributed by atoms with Gasteiger partial charge >= 0.3 is 5.97 Å².